The molecule has 0 atom stereocenters. The molecule has 104 valence electrons. The van der Waals surface area contributed by atoms with Gasteiger partial charge in [0.25, 0.3) is 0 Å². The second-order valence-electron chi connectivity index (χ2n) is 5.14. The van der Waals surface area contributed by atoms with Crippen LogP contribution < -0.4 is 10.6 Å². The number of piperidine rings is 1. The minimum atomic E-state index is -0.450. The average Bonchev–Trinajstić information content (AvgIpc) is 2.86. The average molecular weight is 264 g/mol. The van der Waals surface area contributed by atoms with Gasteiger partial charge in [0, 0.05) is 25.2 Å². The minimum Gasteiger partial charge on any atom is -0.346 e. The van der Waals surface area contributed by atoms with Crippen LogP contribution in [0.1, 0.15) is 24.2 Å². The zero-order valence-corrected chi connectivity index (χ0v) is 11.3. The Labute approximate surface area is 112 Å². The van der Waals surface area contributed by atoms with E-state index in [-0.39, 0.29) is 0 Å². The van der Waals surface area contributed by atoms with E-state index in [1.165, 1.54) is 0 Å². The van der Waals surface area contributed by atoms with Gasteiger partial charge in [-0.3, -0.25) is 0 Å². The Morgan fingerprint density at radius 3 is 2.89 bits per heavy atom. The summed E-state index contributed by atoms with van der Waals surface area (Å²) in [5.41, 5.74) is 7.49. The first kappa shape index (κ1) is 12.8. The molecule has 0 aliphatic carbocycles. The van der Waals surface area contributed by atoms with Crippen LogP contribution in [0.2, 0.25) is 0 Å². The molecule has 0 saturated carbocycles. The number of nitrogens with two attached hydrogens (primary N) is 1. The van der Waals surface area contributed by atoms with Gasteiger partial charge in [0.15, 0.2) is 5.79 Å². The van der Waals surface area contributed by atoms with Gasteiger partial charge in [0.1, 0.15) is 0 Å². The molecular formula is C13H20N4O2. The Morgan fingerprint density at radius 1 is 1.37 bits per heavy atom. The number of rotatable bonds is 2. The van der Waals surface area contributed by atoms with Crippen molar-refractivity contribution in [3.05, 3.63) is 17.5 Å². The smallest absolute Gasteiger partial charge is 0.226 e. The molecule has 2 aliphatic rings. The maximum absolute atomic E-state index is 5.78. The van der Waals surface area contributed by atoms with Gasteiger partial charge in [-0.05, 0) is 19.4 Å². The molecule has 0 unspecified atom stereocenters. The Balaban J connectivity index is 1.83. The fourth-order valence-corrected chi connectivity index (χ4v) is 2.75. The van der Waals surface area contributed by atoms with Crippen LogP contribution in [0.3, 0.4) is 0 Å². The number of anilines is 1. The van der Waals surface area contributed by atoms with Crippen molar-refractivity contribution in [1.82, 2.24) is 9.97 Å². The number of ether oxygens (including phenoxy) is 2. The van der Waals surface area contributed by atoms with Gasteiger partial charge in [-0.25, -0.2) is 9.97 Å². The lowest BCUT2D eigenvalue weighted by molar-refractivity contribution is -0.161. The van der Waals surface area contributed by atoms with Crippen molar-refractivity contribution in [2.75, 3.05) is 31.2 Å². The van der Waals surface area contributed by atoms with E-state index >= 15 is 0 Å². The highest BCUT2D eigenvalue weighted by atomic mass is 16.7. The molecule has 1 aromatic rings. The van der Waals surface area contributed by atoms with Gasteiger partial charge in [0.2, 0.25) is 5.95 Å². The molecule has 2 aliphatic heterocycles. The number of hydrogen-bond donors (Lipinski definition) is 1. The molecular weight excluding hydrogens is 244 g/mol. The van der Waals surface area contributed by atoms with E-state index in [2.05, 4.69) is 14.9 Å². The molecule has 1 aromatic heterocycles. The van der Waals surface area contributed by atoms with Crippen LogP contribution in [-0.4, -0.2) is 42.1 Å². The SMILES string of the molecule is Cc1cc(CN)nc(N2CCCC3(C2)OCCO3)n1. The van der Waals surface area contributed by atoms with Crippen molar-refractivity contribution < 1.29 is 9.47 Å². The van der Waals surface area contributed by atoms with Crippen molar-refractivity contribution in [1.29, 1.82) is 0 Å². The first-order chi connectivity index (χ1) is 9.21. The lowest BCUT2D eigenvalue weighted by Gasteiger charge is -2.38. The number of aromatic nitrogens is 2. The van der Waals surface area contributed by atoms with Crippen molar-refractivity contribution in [3.8, 4) is 0 Å². The Bertz CT molecular complexity index is 460. The van der Waals surface area contributed by atoms with E-state index in [1.54, 1.807) is 0 Å². The predicted octanol–water partition coefficient (Wildman–Crippen LogP) is 0.587. The number of aryl methyl sites for hydroxylation is 1. The third-order valence-corrected chi connectivity index (χ3v) is 3.62. The Kier molecular flexibility index (Phi) is 3.38. The lowest BCUT2D eigenvalue weighted by atomic mass is 10.1. The molecule has 0 bridgehead atoms. The summed E-state index contributed by atoms with van der Waals surface area (Å²) in [6, 6.07) is 1.92. The summed E-state index contributed by atoms with van der Waals surface area (Å²) in [6.45, 7) is 5.38. The van der Waals surface area contributed by atoms with Crippen LogP contribution in [0.15, 0.2) is 6.07 Å². The van der Waals surface area contributed by atoms with E-state index in [0.29, 0.717) is 26.3 Å². The summed E-state index contributed by atoms with van der Waals surface area (Å²) in [7, 11) is 0. The van der Waals surface area contributed by atoms with Gasteiger partial charge in [-0.1, -0.05) is 0 Å². The zero-order chi connectivity index (χ0) is 13.3. The first-order valence-corrected chi connectivity index (χ1v) is 6.78. The second kappa shape index (κ2) is 5.03. The highest BCUT2D eigenvalue weighted by Crippen LogP contribution is 2.31. The third kappa shape index (κ3) is 2.56. The normalized spacial score (nSPS) is 22.1. The zero-order valence-electron chi connectivity index (χ0n) is 11.3. The summed E-state index contributed by atoms with van der Waals surface area (Å²) < 4.78 is 11.6. The fraction of sp³-hybridized carbons (Fsp3) is 0.692. The molecule has 2 N–H and O–H groups in total. The lowest BCUT2D eigenvalue weighted by Crippen LogP contribution is -2.49. The maximum atomic E-state index is 5.78. The molecule has 2 saturated heterocycles. The van der Waals surface area contributed by atoms with Crippen molar-refractivity contribution in [2.24, 2.45) is 5.73 Å². The van der Waals surface area contributed by atoms with Crippen LogP contribution in [-0.2, 0) is 16.0 Å². The molecule has 6 nitrogen and oxygen atoms in total. The van der Waals surface area contributed by atoms with Gasteiger partial charge < -0.3 is 20.1 Å². The van der Waals surface area contributed by atoms with Crippen molar-refractivity contribution >= 4 is 5.95 Å². The summed E-state index contributed by atoms with van der Waals surface area (Å²) in [4.78, 5) is 11.2. The van der Waals surface area contributed by atoms with E-state index in [9.17, 15) is 0 Å². The Hall–Kier alpha value is -1.24. The molecule has 0 amide bonds. The van der Waals surface area contributed by atoms with Crippen LogP contribution in [0.5, 0.6) is 0 Å². The summed E-state index contributed by atoms with van der Waals surface area (Å²) in [5, 5.41) is 0. The summed E-state index contributed by atoms with van der Waals surface area (Å²) in [5.74, 6) is 0.285. The van der Waals surface area contributed by atoms with Crippen LogP contribution in [0, 0.1) is 6.92 Å². The van der Waals surface area contributed by atoms with Crippen molar-refractivity contribution in [3.63, 3.8) is 0 Å². The van der Waals surface area contributed by atoms with Gasteiger partial charge in [0.05, 0.1) is 25.5 Å². The summed E-state index contributed by atoms with van der Waals surface area (Å²) >= 11 is 0. The monoisotopic (exact) mass is 264 g/mol. The molecule has 1 spiro atoms. The predicted molar refractivity (Wildman–Crippen MR) is 70.7 cm³/mol. The molecule has 0 radical (unpaired) electrons. The molecule has 0 aromatic carbocycles. The Morgan fingerprint density at radius 2 is 2.16 bits per heavy atom. The number of hydrogen-bond acceptors (Lipinski definition) is 6. The van der Waals surface area contributed by atoms with Gasteiger partial charge in [-0.15, -0.1) is 0 Å². The van der Waals surface area contributed by atoms with Crippen LogP contribution in [0.25, 0.3) is 0 Å². The van der Waals surface area contributed by atoms with Crippen molar-refractivity contribution in [2.45, 2.75) is 32.1 Å². The van der Waals surface area contributed by atoms with Gasteiger partial charge >= 0.3 is 0 Å². The molecule has 3 heterocycles. The maximum Gasteiger partial charge on any atom is 0.226 e. The topological polar surface area (TPSA) is 73.5 Å². The van der Waals surface area contributed by atoms with E-state index < -0.39 is 5.79 Å². The molecule has 3 rings (SSSR count). The molecule has 6 heteroatoms. The molecule has 2 fully saturated rings. The van der Waals surface area contributed by atoms with E-state index in [1.807, 2.05) is 13.0 Å². The highest BCUT2D eigenvalue weighted by Gasteiger charge is 2.41. The minimum absolute atomic E-state index is 0.433. The highest BCUT2D eigenvalue weighted by molar-refractivity contribution is 5.34. The standard InChI is InChI=1S/C13H20N4O2/c1-10-7-11(8-14)16-12(15-10)17-4-2-3-13(9-17)18-5-6-19-13/h7H,2-6,8-9,14H2,1H3. The van der Waals surface area contributed by atoms with E-state index in [0.717, 1.165) is 36.7 Å². The second-order valence-corrected chi connectivity index (χ2v) is 5.14. The largest absolute Gasteiger partial charge is 0.346 e. The van der Waals surface area contributed by atoms with Crippen LogP contribution >= 0.6 is 0 Å². The summed E-state index contributed by atoms with van der Waals surface area (Å²) in [6.07, 6.45) is 1.97. The van der Waals surface area contributed by atoms with Gasteiger partial charge in [-0.2, -0.15) is 0 Å². The number of nitrogens with zero attached hydrogens (tertiary/aromatic N) is 3. The third-order valence-electron chi connectivity index (χ3n) is 3.62. The van der Waals surface area contributed by atoms with E-state index in [4.69, 9.17) is 15.2 Å². The fourth-order valence-electron chi connectivity index (χ4n) is 2.75. The van der Waals surface area contributed by atoms with Crippen LogP contribution in [0.4, 0.5) is 5.95 Å². The quantitative estimate of drug-likeness (QED) is 0.842. The molecule has 19 heavy (non-hydrogen) atoms. The first-order valence-electron chi connectivity index (χ1n) is 6.78.